The summed E-state index contributed by atoms with van der Waals surface area (Å²) in [5.41, 5.74) is 1.36. The molecule has 1 N–H and O–H groups in total. The third kappa shape index (κ3) is 4.67. The maximum atomic E-state index is 5.47. The molecule has 0 aromatic heterocycles. The van der Waals surface area contributed by atoms with Crippen molar-refractivity contribution < 1.29 is 0 Å². The number of hydrogen-bond donors (Lipinski definition) is 1. The minimum absolute atomic E-state index is 0.213. The molecule has 0 radical (unpaired) electrons. The van der Waals surface area contributed by atoms with E-state index in [9.17, 15) is 0 Å². The van der Waals surface area contributed by atoms with Crippen LogP contribution in [0.2, 0.25) is 0 Å². The molecule has 0 spiro atoms. The maximum Gasteiger partial charge on any atom is 0.0690 e. The minimum atomic E-state index is 0.213. The maximum absolute atomic E-state index is 5.47. The number of benzene rings is 1. The van der Waals surface area contributed by atoms with E-state index in [-0.39, 0.29) is 6.04 Å². The van der Waals surface area contributed by atoms with Crippen LogP contribution < -0.4 is 5.32 Å². The van der Waals surface area contributed by atoms with Crippen LogP contribution in [0.5, 0.6) is 0 Å². The van der Waals surface area contributed by atoms with Gasteiger partial charge in [0.1, 0.15) is 0 Å². The third-order valence-corrected chi connectivity index (χ3v) is 2.41. The highest BCUT2D eigenvalue weighted by Gasteiger charge is 2.03. The molecule has 1 aromatic carbocycles. The van der Waals surface area contributed by atoms with Crippen LogP contribution in [0, 0.1) is 12.3 Å². The molecule has 0 saturated carbocycles. The molecule has 0 bridgehead atoms. The molecule has 0 aliphatic rings. The van der Waals surface area contributed by atoms with Gasteiger partial charge in [-0.05, 0) is 31.4 Å². The highest BCUT2D eigenvalue weighted by atomic mass is 14.9. The monoisotopic (exact) mass is 201 g/mol. The van der Waals surface area contributed by atoms with Crippen LogP contribution in [-0.4, -0.2) is 12.6 Å². The highest BCUT2D eigenvalue weighted by Crippen LogP contribution is 2.04. The summed E-state index contributed by atoms with van der Waals surface area (Å²) < 4.78 is 0. The second-order valence-corrected chi connectivity index (χ2v) is 3.70. The molecule has 1 aromatic rings. The molecule has 0 fully saturated rings. The van der Waals surface area contributed by atoms with Gasteiger partial charge in [0.05, 0.1) is 6.04 Å². The van der Waals surface area contributed by atoms with E-state index >= 15 is 0 Å². The average molecular weight is 201 g/mol. The van der Waals surface area contributed by atoms with Crippen molar-refractivity contribution >= 4 is 0 Å². The molecule has 0 heterocycles. The zero-order valence-electron chi connectivity index (χ0n) is 9.37. The number of terminal acetylenes is 1. The predicted molar refractivity (Wildman–Crippen MR) is 65.7 cm³/mol. The van der Waals surface area contributed by atoms with Crippen LogP contribution in [0.3, 0.4) is 0 Å². The predicted octanol–water partition coefficient (Wildman–Crippen LogP) is 2.62. The lowest BCUT2D eigenvalue weighted by Crippen LogP contribution is -2.28. The largest absolute Gasteiger partial charge is 0.304 e. The van der Waals surface area contributed by atoms with Gasteiger partial charge in [0.25, 0.3) is 0 Å². The first-order valence-electron chi connectivity index (χ1n) is 5.60. The molecule has 1 heteroatoms. The smallest absolute Gasteiger partial charge is 0.0690 e. The number of aryl methyl sites for hydroxylation is 1. The lowest BCUT2D eigenvalue weighted by Gasteiger charge is -2.11. The summed E-state index contributed by atoms with van der Waals surface area (Å²) in [6, 6.07) is 10.7. The molecule has 0 aliphatic carbocycles. The summed E-state index contributed by atoms with van der Waals surface area (Å²) in [5, 5.41) is 3.35. The van der Waals surface area contributed by atoms with Crippen LogP contribution in [0.15, 0.2) is 30.3 Å². The van der Waals surface area contributed by atoms with Gasteiger partial charge in [0, 0.05) is 0 Å². The zero-order chi connectivity index (χ0) is 10.9. The first-order chi connectivity index (χ1) is 7.36. The molecule has 15 heavy (non-hydrogen) atoms. The van der Waals surface area contributed by atoms with E-state index < -0.39 is 0 Å². The molecule has 0 amide bonds. The molecule has 0 saturated heterocycles. The van der Waals surface area contributed by atoms with Gasteiger partial charge in [-0.15, -0.1) is 6.42 Å². The van der Waals surface area contributed by atoms with Crippen molar-refractivity contribution in [1.82, 2.24) is 5.32 Å². The second-order valence-electron chi connectivity index (χ2n) is 3.70. The molecule has 1 rings (SSSR count). The molecule has 0 aliphatic heterocycles. The molecular formula is C14H19N. The zero-order valence-corrected chi connectivity index (χ0v) is 9.37. The van der Waals surface area contributed by atoms with E-state index in [1.54, 1.807) is 0 Å². The summed E-state index contributed by atoms with van der Waals surface area (Å²) in [5.74, 6) is 2.80. The SMILES string of the molecule is C#CC(CCc1ccccc1)NCCC. The van der Waals surface area contributed by atoms with Crippen molar-refractivity contribution in [2.24, 2.45) is 0 Å². The van der Waals surface area contributed by atoms with E-state index in [2.05, 4.69) is 42.4 Å². The van der Waals surface area contributed by atoms with Gasteiger partial charge in [-0.3, -0.25) is 0 Å². The van der Waals surface area contributed by atoms with E-state index in [1.165, 1.54) is 5.56 Å². The number of nitrogens with one attached hydrogen (secondary N) is 1. The Labute approximate surface area is 92.9 Å². The van der Waals surface area contributed by atoms with Gasteiger partial charge < -0.3 is 5.32 Å². The Hall–Kier alpha value is -1.26. The summed E-state index contributed by atoms with van der Waals surface area (Å²) in [6.45, 7) is 3.15. The van der Waals surface area contributed by atoms with Gasteiger partial charge in [0.15, 0.2) is 0 Å². The van der Waals surface area contributed by atoms with E-state index in [0.717, 1.165) is 25.8 Å². The Kier molecular flexibility index (Phi) is 5.58. The molecule has 1 atom stereocenters. The van der Waals surface area contributed by atoms with Crippen LogP contribution in [0.25, 0.3) is 0 Å². The van der Waals surface area contributed by atoms with Gasteiger partial charge in [-0.2, -0.15) is 0 Å². The Bertz CT molecular complexity index is 297. The summed E-state index contributed by atoms with van der Waals surface area (Å²) in [6.07, 6.45) is 8.66. The fourth-order valence-electron chi connectivity index (χ4n) is 1.52. The molecule has 80 valence electrons. The summed E-state index contributed by atoms with van der Waals surface area (Å²) >= 11 is 0. The van der Waals surface area contributed by atoms with Crippen molar-refractivity contribution in [1.29, 1.82) is 0 Å². The molecular weight excluding hydrogens is 182 g/mol. The summed E-state index contributed by atoms with van der Waals surface area (Å²) in [4.78, 5) is 0. The Morgan fingerprint density at radius 2 is 2.07 bits per heavy atom. The third-order valence-electron chi connectivity index (χ3n) is 2.41. The van der Waals surface area contributed by atoms with E-state index in [1.807, 2.05) is 6.07 Å². The van der Waals surface area contributed by atoms with Crippen LogP contribution in [-0.2, 0) is 6.42 Å². The van der Waals surface area contributed by atoms with Crippen molar-refractivity contribution in [3.05, 3.63) is 35.9 Å². The van der Waals surface area contributed by atoms with Gasteiger partial charge >= 0.3 is 0 Å². The van der Waals surface area contributed by atoms with Crippen LogP contribution in [0.4, 0.5) is 0 Å². The normalized spacial score (nSPS) is 12.0. The van der Waals surface area contributed by atoms with Crippen molar-refractivity contribution in [3.8, 4) is 12.3 Å². The van der Waals surface area contributed by atoms with Crippen molar-refractivity contribution in [2.75, 3.05) is 6.54 Å². The molecule has 1 nitrogen and oxygen atoms in total. The standard InChI is InChI=1S/C14H19N/c1-3-12-15-14(4-2)11-10-13-8-6-5-7-9-13/h2,5-9,14-15H,3,10-12H2,1H3. The first-order valence-corrected chi connectivity index (χ1v) is 5.60. The second kappa shape index (κ2) is 7.09. The topological polar surface area (TPSA) is 12.0 Å². The highest BCUT2D eigenvalue weighted by molar-refractivity contribution is 5.15. The quantitative estimate of drug-likeness (QED) is 0.698. The van der Waals surface area contributed by atoms with Gasteiger partial charge in [-0.25, -0.2) is 0 Å². The minimum Gasteiger partial charge on any atom is -0.304 e. The first kappa shape index (κ1) is 11.8. The van der Waals surface area contributed by atoms with Gasteiger partial charge in [-0.1, -0.05) is 43.2 Å². The Morgan fingerprint density at radius 1 is 1.33 bits per heavy atom. The number of hydrogen-bond acceptors (Lipinski definition) is 1. The summed E-state index contributed by atoms with van der Waals surface area (Å²) in [7, 11) is 0. The Balaban J connectivity index is 2.32. The number of rotatable bonds is 6. The average Bonchev–Trinajstić information content (AvgIpc) is 2.31. The van der Waals surface area contributed by atoms with Gasteiger partial charge in [0.2, 0.25) is 0 Å². The van der Waals surface area contributed by atoms with Crippen LogP contribution >= 0.6 is 0 Å². The fourth-order valence-corrected chi connectivity index (χ4v) is 1.52. The van der Waals surface area contributed by atoms with E-state index in [0.29, 0.717) is 0 Å². The fraction of sp³-hybridized carbons (Fsp3) is 0.429. The van der Waals surface area contributed by atoms with Crippen molar-refractivity contribution in [2.45, 2.75) is 32.2 Å². The van der Waals surface area contributed by atoms with Crippen molar-refractivity contribution in [3.63, 3.8) is 0 Å². The van der Waals surface area contributed by atoms with Crippen LogP contribution in [0.1, 0.15) is 25.3 Å². The molecule has 1 unspecified atom stereocenters. The lowest BCUT2D eigenvalue weighted by atomic mass is 10.1. The Morgan fingerprint density at radius 3 is 2.67 bits per heavy atom. The van der Waals surface area contributed by atoms with E-state index in [4.69, 9.17) is 6.42 Å². The lowest BCUT2D eigenvalue weighted by molar-refractivity contribution is 0.566.